The van der Waals surface area contributed by atoms with E-state index in [0.29, 0.717) is 16.6 Å². The lowest BCUT2D eigenvalue weighted by Gasteiger charge is -2.33. The molecule has 3 rings (SSSR count). The third kappa shape index (κ3) is 4.78. The highest BCUT2D eigenvalue weighted by Gasteiger charge is 2.23. The van der Waals surface area contributed by atoms with E-state index in [2.05, 4.69) is 15.3 Å². The fourth-order valence-corrected chi connectivity index (χ4v) is 3.45. The van der Waals surface area contributed by atoms with E-state index >= 15 is 0 Å². The Morgan fingerprint density at radius 2 is 2.11 bits per heavy atom. The summed E-state index contributed by atoms with van der Waals surface area (Å²) in [7, 11) is 3.57. The molecule has 0 bridgehead atoms. The lowest BCUT2D eigenvalue weighted by molar-refractivity contribution is 0.147. The predicted octanol–water partition coefficient (Wildman–Crippen LogP) is 3.26. The van der Waals surface area contributed by atoms with E-state index in [9.17, 15) is 4.79 Å². The molecule has 0 aliphatic carbocycles. The van der Waals surface area contributed by atoms with Crippen LogP contribution in [0.4, 0.5) is 4.79 Å². The van der Waals surface area contributed by atoms with Gasteiger partial charge in [0.15, 0.2) is 0 Å². The van der Waals surface area contributed by atoms with E-state index in [1.54, 1.807) is 31.3 Å². The lowest BCUT2D eigenvalue weighted by Crippen LogP contribution is -2.44. The molecule has 0 radical (unpaired) electrons. The van der Waals surface area contributed by atoms with Crippen molar-refractivity contribution in [3.8, 4) is 0 Å². The first-order valence-corrected chi connectivity index (χ1v) is 9.68. The zero-order valence-corrected chi connectivity index (χ0v) is 16.9. The second-order valence-corrected chi connectivity index (χ2v) is 7.54. The van der Waals surface area contributed by atoms with Crippen LogP contribution in [0.2, 0.25) is 5.15 Å². The third-order valence-electron chi connectivity index (χ3n) is 4.92. The van der Waals surface area contributed by atoms with Crippen LogP contribution >= 0.6 is 11.6 Å². The van der Waals surface area contributed by atoms with Crippen molar-refractivity contribution < 1.29 is 4.79 Å². The lowest BCUT2D eigenvalue weighted by atomic mass is 9.97. The van der Waals surface area contributed by atoms with Crippen molar-refractivity contribution in [2.45, 2.75) is 12.8 Å². The summed E-state index contributed by atoms with van der Waals surface area (Å²) in [6.07, 6.45) is 6.83. The second kappa shape index (κ2) is 9.01. The van der Waals surface area contributed by atoms with Gasteiger partial charge in [-0.2, -0.15) is 0 Å². The highest BCUT2D eigenvalue weighted by Crippen LogP contribution is 2.20. The Bertz CT molecular complexity index is 889. The minimum Gasteiger partial charge on any atom is -0.390 e. The van der Waals surface area contributed by atoms with Gasteiger partial charge in [0.25, 0.3) is 0 Å². The number of fused-ring (bicyclic) bond motifs is 1. The standard InChI is InChI=1S/C20H25ClN6O/c1-26(2)20(28)27-7-5-14(6-8-27)11-23-12-16(10-22)15-9-18-17(24-13-15)3-4-19(21)25-18/h3-4,9-10,12-14,22-23H,5-8,11H2,1-2H3/b16-12+,22-10?. The molecule has 2 aromatic heterocycles. The van der Waals surface area contributed by atoms with E-state index < -0.39 is 0 Å². The van der Waals surface area contributed by atoms with Gasteiger partial charge in [-0.25, -0.2) is 9.78 Å². The first-order chi connectivity index (χ1) is 13.5. The van der Waals surface area contributed by atoms with Crippen LogP contribution in [0.25, 0.3) is 16.6 Å². The summed E-state index contributed by atoms with van der Waals surface area (Å²) in [6, 6.07) is 5.50. The normalized spacial score (nSPS) is 15.5. The van der Waals surface area contributed by atoms with E-state index in [0.717, 1.165) is 49.1 Å². The Morgan fingerprint density at radius 3 is 2.79 bits per heavy atom. The molecule has 2 amide bonds. The number of likely N-dealkylation sites (tertiary alicyclic amines) is 1. The van der Waals surface area contributed by atoms with Crippen molar-refractivity contribution in [3.63, 3.8) is 0 Å². The Balaban J connectivity index is 1.59. The van der Waals surface area contributed by atoms with Crippen molar-refractivity contribution >= 4 is 40.5 Å². The highest BCUT2D eigenvalue weighted by molar-refractivity contribution is 6.29. The number of carbonyl (C=O) groups is 1. The Morgan fingerprint density at radius 1 is 1.36 bits per heavy atom. The molecule has 28 heavy (non-hydrogen) atoms. The SMILES string of the molecule is CN(C)C(=O)N1CCC(CN/C=C(\C=N)c2cnc3ccc(Cl)nc3c2)CC1. The summed E-state index contributed by atoms with van der Waals surface area (Å²) in [5.41, 5.74) is 3.02. The second-order valence-electron chi connectivity index (χ2n) is 7.16. The number of rotatable bonds is 5. The molecule has 1 aliphatic heterocycles. The molecule has 0 unspecified atom stereocenters. The van der Waals surface area contributed by atoms with E-state index in [1.165, 1.54) is 6.21 Å². The molecule has 1 fully saturated rings. The van der Waals surface area contributed by atoms with Crippen molar-refractivity contribution in [1.82, 2.24) is 25.1 Å². The Kier molecular flexibility index (Phi) is 6.46. The van der Waals surface area contributed by atoms with Crippen LogP contribution in [0.3, 0.4) is 0 Å². The molecule has 0 atom stereocenters. The molecule has 3 heterocycles. The molecule has 2 aromatic rings. The summed E-state index contributed by atoms with van der Waals surface area (Å²) in [4.78, 5) is 24.2. The first kappa shape index (κ1) is 20.1. The van der Waals surface area contributed by atoms with Crippen molar-refractivity contribution in [3.05, 3.63) is 41.3 Å². The number of nitrogens with zero attached hydrogens (tertiary/aromatic N) is 4. The number of amides is 2. The minimum atomic E-state index is 0.0786. The fourth-order valence-electron chi connectivity index (χ4n) is 3.29. The maximum absolute atomic E-state index is 12.0. The molecule has 0 aromatic carbocycles. The van der Waals surface area contributed by atoms with Gasteiger partial charge in [-0.05, 0) is 37.0 Å². The largest absolute Gasteiger partial charge is 0.390 e. The average Bonchev–Trinajstić information content (AvgIpc) is 2.70. The summed E-state index contributed by atoms with van der Waals surface area (Å²) in [5.74, 6) is 0.504. The van der Waals surface area contributed by atoms with Crippen LogP contribution in [0, 0.1) is 11.3 Å². The summed E-state index contributed by atoms with van der Waals surface area (Å²) < 4.78 is 0. The summed E-state index contributed by atoms with van der Waals surface area (Å²) in [5, 5.41) is 11.5. The number of carbonyl (C=O) groups excluding carboxylic acids is 1. The number of urea groups is 1. The number of aromatic nitrogens is 2. The van der Waals surface area contributed by atoms with Gasteiger partial charge in [0.1, 0.15) is 5.15 Å². The number of halogens is 1. The molecule has 1 aliphatic rings. The van der Waals surface area contributed by atoms with E-state index in [-0.39, 0.29) is 6.03 Å². The van der Waals surface area contributed by atoms with Gasteiger partial charge in [0, 0.05) is 63.5 Å². The quantitative estimate of drug-likeness (QED) is 0.595. The highest BCUT2D eigenvalue weighted by atomic mass is 35.5. The maximum Gasteiger partial charge on any atom is 0.319 e. The number of nitrogens with one attached hydrogen (secondary N) is 2. The summed E-state index contributed by atoms with van der Waals surface area (Å²) >= 11 is 5.96. The Hall–Kier alpha value is -2.67. The average molecular weight is 401 g/mol. The first-order valence-electron chi connectivity index (χ1n) is 9.31. The molecule has 1 saturated heterocycles. The molecule has 0 spiro atoms. The molecular weight excluding hydrogens is 376 g/mol. The van der Waals surface area contributed by atoms with E-state index in [4.69, 9.17) is 17.0 Å². The van der Waals surface area contributed by atoms with E-state index in [1.807, 2.05) is 23.2 Å². The number of hydrogen-bond acceptors (Lipinski definition) is 5. The number of hydrogen-bond donors (Lipinski definition) is 2. The van der Waals surface area contributed by atoms with Crippen molar-refractivity contribution in [2.75, 3.05) is 33.7 Å². The summed E-state index contributed by atoms with van der Waals surface area (Å²) in [6.45, 7) is 2.38. The minimum absolute atomic E-state index is 0.0786. The third-order valence-corrected chi connectivity index (χ3v) is 5.13. The van der Waals surface area contributed by atoms with Crippen molar-refractivity contribution in [1.29, 1.82) is 5.41 Å². The van der Waals surface area contributed by atoms with Crippen LogP contribution in [0.5, 0.6) is 0 Å². The molecule has 0 saturated carbocycles. The molecule has 8 heteroatoms. The number of pyridine rings is 2. The monoisotopic (exact) mass is 400 g/mol. The van der Waals surface area contributed by atoms with Gasteiger partial charge in [-0.3, -0.25) is 4.98 Å². The fraction of sp³-hybridized carbons (Fsp3) is 0.400. The maximum atomic E-state index is 12.0. The van der Waals surface area contributed by atoms with Gasteiger partial charge in [-0.15, -0.1) is 0 Å². The molecular formula is C20H25ClN6O. The van der Waals surface area contributed by atoms with Crippen LogP contribution < -0.4 is 5.32 Å². The topological polar surface area (TPSA) is 85.2 Å². The number of allylic oxidation sites excluding steroid dienone is 1. The predicted molar refractivity (Wildman–Crippen MR) is 113 cm³/mol. The molecule has 2 N–H and O–H groups in total. The van der Waals surface area contributed by atoms with Gasteiger partial charge in [-0.1, -0.05) is 11.6 Å². The van der Waals surface area contributed by atoms with Crippen LogP contribution in [0.15, 0.2) is 30.6 Å². The van der Waals surface area contributed by atoms with Crippen LogP contribution in [-0.2, 0) is 0 Å². The zero-order valence-electron chi connectivity index (χ0n) is 16.2. The molecule has 148 valence electrons. The van der Waals surface area contributed by atoms with Gasteiger partial charge < -0.3 is 20.5 Å². The van der Waals surface area contributed by atoms with Gasteiger partial charge >= 0.3 is 6.03 Å². The molecule has 7 nitrogen and oxygen atoms in total. The number of piperidine rings is 1. The van der Waals surface area contributed by atoms with Crippen molar-refractivity contribution in [2.24, 2.45) is 5.92 Å². The Labute approximate surface area is 169 Å². The zero-order chi connectivity index (χ0) is 20.1. The smallest absolute Gasteiger partial charge is 0.319 e. The van der Waals surface area contributed by atoms with Crippen LogP contribution in [0.1, 0.15) is 18.4 Å². The van der Waals surface area contributed by atoms with Crippen LogP contribution in [-0.4, -0.2) is 65.7 Å². The van der Waals surface area contributed by atoms with Gasteiger partial charge in [0.2, 0.25) is 0 Å². The van der Waals surface area contributed by atoms with Gasteiger partial charge in [0.05, 0.1) is 11.0 Å².